The van der Waals surface area contributed by atoms with Gasteiger partial charge in [-0.25, -0.2) is 0 Å². The fourth-order valence-corrected chi connectivity index (χ4v) is 4.85. The van der Waals surface area contributed by atoms with Gasteiger partial charge in [0.2, 0.25) is 5.91 Å². The Bertz CT molecular complexity index is 887. The second-order valence-corrected chi connectivity index (χ2v) is 8.47. The Hall–Kier alpha value is -2.57. The molecule has 3 aliphatic rings. The summed E-state index contributed by atoms with van der Waals surface area (Å²) < 4.78 is 11.9. The molecule has 2 fully saturated rings. The van der Waals surface area contributed by atoms with Crippen molar-refractivity contribution in [3.63, 3.8) is 0 Å². The van der Waals surface area contributed by atoms with Crippen molar-refractivity contribution in [1.29, 1.82) is 0 Å². The van der Waals surface area contributed by atoms with Gasteiger partial charge in [0.05, 0.1) is 19.1 Å². The molecule has 30 heavy (non-hydrogen) atoms. The lowest BCUT2D eigenvalue weighted by Crippen LogP contribution is -2.50. The molecule has 0 radical (unpaired) electrons. The summed E-state index contributed by atoms with van der Waals surface area (Å²) in [5.41, 5.74) is 2.74. The van der Waals surface area contributed by atoms with E-state index >= 15 is 0 Å². The lowest BCUT2D eigenvalue weighted by molar-refractivity contribution is -0.120. The zero-order valence-electron chi connectivity index (χ0n) is 17.2. The summed E-state index contributed by atoms with van der Waals surface area (Å²) in [5, 5.41) is 6.56. The highest BCUT2D eigenvalue weighted by atomic mass is 16.5. The van der Waals surface area contributed by atoms with E-state index in [2.05, 4.69) is 27.7 Å². The molecule has 0 aromatic heterocycles. The van der Waals surface area contributed by atoms with Gasteiger partial charge in [-0.3, -0.25) is 4.79 Å². The van der Waals surface area contributed by atoms with Crippen LogP contribution in [-0.4, -0.2) is 50.9 Å². The number of nitrogens with one attached hydrogen (secondary N) is 2. The van der Waals surface area contributed by atoms with Gasteiger partial charge in [-0.1, -0.05) is 18.2 Å². The Morgan fingerprint density at radius 3 is 2.53 bits per heavy atom. The average Bonchev–Trinajstić information content (AvgIpc) is 2.80. The lowest BCUT2D eigenvalue weighted by Gasteiger charge is -2.44. The van der Waals surface area contributed by atoms with Gasteiger partial charge in [0.25, 0.3) is 0 Å². The van der Waals surface area contributed by atoms with Gasteiger partial charge in [0, 0.05) is 36.4 Å². The molecule has 6 nitrogen and oxygen atoms in total. The standard InChI is InChI=1S/C24H29N3O3/c28-23(26-18-5-7-19(8-6-18)27-13-15-29-16-14-27)21-17-24(9-11-25-12-10-24)30-22-4-2-1-3-20(21)22/h1-8,21,25H,9-17H2,(H,26,28)/t21-/m1/s1. The Morgan fingerprint density at radius 1 is 1.03 bits per heavy atom. The van der Waals surface area contributed by atoms with Crippen LogP contribution in [0.1, 0.15) is 30.7 Å². The number of nitrogens with zero attached hydrogens (tertiary/aromatic N) is 1. The lowest BCUT2D eigenvalue weighted by atomic mass is 9.77. The van der Waals surface area contributed by atoms with Crippen molar-refractivity contribution in [2.24, 2.45) is 0 Å². The van der Waals surface area contributed by atoms with E-state index in [1.807, 2.05) is 36.4 Å². The minimum Gasteiger partial charge on any atom is -0.487 e. The van der Waals surface area contributed by atoms with Gasteiger partial charge in [0.15, 0.2) is 0 Å². The maximum Gasteiger partial charge on any atom is 0.232 e. The molecule has 0 bridgehead atoms. The Morgan fingerprint density at radius 2 is 1.77 bits per heavy atom. The number of ether oxygens (including phenoxy) is 2. The van der Waals surface area contributed by atoms with E-state index in [1.165, 1.54) is 5.69 Å². The molecule has 1 spiro atoms. The molecule has 3 heterocycles. The molecule has 5 rings (SSSR count). The first kappa shape index (κ1) is 19.4. The maximum absolute atomic E-state index is 13.3. The van der Waals surface area contributed by atoms with E-state index in [-0.39, 0.29) is 17.4 Å². The van der Waals surface area contributed by atoms with Crippen LogP contribution in [-0.2, 0) is 9.53 Å². The van der Waals surface area contributed by atoms with Crippen molar-refractivity contribution in [2.75, 3.05) is 49.6 Å². The smallest absolute Gasteiger partial charge is 0.232 e. The SMILES string of the molecule is O=C(Nc1ccc(N2CCOCC2)cc1)[C@@H]1CC2(CCNCC2)Oc2ccccc21. The first-order valence-corrected chi connectivity index (χ1v) is 10.9. The summed E-state index contributed by atoms with van der Waals surface area (Å²) >= 11 is 0. The number of fused-ring (bicyclic) bond motifs is 1. The normalized spacial score (nSPS) is 22.8. The topological polar surface area (TPSA) is 62.8 Å². The van der Waals surface area contributed by atoms with Gasteiger partial charge in [-0.2, -0.15) is 0 Å². The fourth-order valence-electron chi connectivity index (χ4n) is 4.85. The highest BCUT2D eigenvalue weighted by molar-refractivity contribution is 5.96. The molecule has 1 atom stereocenters. The van der Waals surface area contributed by atoms with E-state index in [4.69, 9.17) is 9.47 Å². The molecule has 2 N–H and O–H groups in total. The van der Waals surface area contributed by atoms with Crippen molar-refractivity contribution in [3.05, 3.63) is 54.1 Å². The van der Waals surface area contributed by atoms with E-state index in [9.17, 15) is 4.79 Å². The molecule has 3 aliphatic heterocycles. The zero-order chi connectivity index (χ0) is 20.4. The number of hydrogen-bond donors (Lipinski definition) is 2. The predicted molar refractivity (Wildman–Crippen MR) is 117 cm³/mol. The number of benzene rings is 2. The van der Waals surface area contributed by atoms with Crippen molar-refractivity contribution < 1.29 is 14.3 Å². The number of carbonyl (C=O) groups excluding carboxylic acids is 1. The van der Waals surface area contributed by atoms with E-state index < -0.39 is 0 Å². The molecule has 0 saturated carbocycles. The molecule has 158 valence electrons. The van der Waals surface area contributed by atoms with Crippen molar-refractivity contribution >= 4 is 17.3 Å². The molecule has 0 unspecified atom stereocenters. The molecule has 2 aromatic carbocycles. The third-order valence-corrected chi connectivity index (χ3v) is 6.54. The van der Waals surface area contributed by atoms with Crippen LogP contribution in [0.4, 0.5) is 11.4 Å². The predicted octanol–water partition coefficient (Wildman–Crippen LogP) is 3.15. The number of piperidine rings is 1. The van der Waals surface area contributed by atoms with Crippen LogP contribution in [0.5, 0.6) is 5.75 Å². The maximum atomic E-state index is 13.3. The number of morpholine rings is 1. The number of hydrogen-bond acceptors (Lipinski definition) is 5. The zero-order valence-corrected chi connectivity index (χ0v) is 17.2. The second kappa shape index (κ2) is 8.28. The van der Waals surface area contributed by atoms with Gasteiger partial charge in [0.1, 0.15) is 11.4 Å². The van der Waals surface area contributed by atoms with Gasteiger partial charge in [-0.05, 0) is 56.3 Å². The molecular weight excluding hydrogens is 378 g/mol. The molecule has 2 aromatic rings. The number of carbonyl (C=O) groups is 1. The van der Waals surface area contributed by atoms with Crippen LogP contribution in [0.25, 0.3) is 0 Å². The van der Waals surface area contributed by atoms with Crippen molar-refractivity contribution in [3.8, 4) is 5.75 Å². The van der Waals surface area contributed by atoms with Gasteiger partial charge >= 0.3 is 0 Å². The third-order valence-electron chi connectivity index (χ3n) is 6.54. The van der Waals surface area contributed by atoms with Crippen LogP contribution in [0, 0.1) is 0 Å². The number of anilines is 2. The molecule has 2 saturated heterocycles. The number of para-hydroxylation sites is 1. The van der Waals surface area contributed by atoms with Crippen LogP contribution in [0.15, 0.2) is 48.5 Å². The van der Waals surface area contributed by atoms with Gasteiger partial charge < -0.3 is 25.0 Å². The van der Waals surface area contributed by atoms with E-state index in [0.29, 0.717) is 0 Å². The second-order valence-electron chi connectivity index (χ2n) is 8.47. The number of amides is 1. The monoisotopic (exact) mass is 407 g/mol. The molecule has 0 aliphatic carbocycles. The first-order chi connectivity index (χ1) is 14.7. The van der Waals surface area contributed by atoms with Crippen LogP contribution < -0.4 is 20.3 Å². The largest absolute Gasteiger partial charge is 0.487 e. The first-order valence-electron chi connectivity index (χ1n) is 10.9. The highest BCUT2D eigenvalue weighted by Crippen LogP contribution is 2.44. The summed E-state index contributed by atoms with van der Waals surface area (Å²) in [4.78, 5) is 15.6. The minimum absolute atomic E-state index is 0.0442. The Balaban J connectivity index is 1.33. The van der Waals surface area contributed by atoms with Crippen LogP contribution in [0.2, 0.25) is 0 Å². The summed E-state index contributed by atoms with van der Waals surface area (Å²) in [5.74, 6) is 0.697. The average molecular weight is 408 g/mol. The van der Waals surface area contributed by atoms with Gasteiger partial charge in [-0.15, -0.1) is 0 Å². The van der Waals surface area contributed by atoms with Crippen molar-refractivity contribution in [2.45, 2.75) is 30.8 Å². The Kier molecular flexibility index (Phi) is 5.35. The quantitative estimate of drug-likeness (QED) is 0.819. The molecule has 1 amide bonds. The summed E-state index contributed by atoms with van der Waals surface area (Å²) in [6, 6.07) is 16.1. The van der Waals surface area contributed by atoms with E-state index in [0.717, 1.165) is 75.7 Å². The fraction of sp³-hybridized carbons (Fsp3) is 0.458. The highest BCUT2D eigenvalue weighted by Gasteiger charge is 2.44. The van der Waals surface area contributed by atoms with Crippen LogP contribution in [0.3, 0.4) is 0 Å². The summed E-state index contributed by atoms with van der Waals surface area (Å²) in [6.45, 7) is 5.19. The summed E-state index contributed by atoms with van der Waals surface area (Å²) in [6.07, 6.45) is 2.59. The summed E-state index contributed by atoms with van der Waals surface area (Å²) in [7, 11) is 0. The Labute approximate surface area is 177 Å². The minimum atomic E-state index is -0.248. The third kappa shape index (κ3) is 3.89. The molecular formula is C24H29N3O3. The number of rotatable bonds is 3. The van der Waals surface area contributed by atoms with Crippen molar-refractivity contribution in [1.82, 2.24) is 5.32 Å². The van der Waals surface area contributed by atoms with E-state index in [1.54, 1.807) is 0 Å². The van der Waals surface area contributed by atoms with Crippen LogP contribution >= 0.6 is 0 Å². The molecule has 6 heteroatoms.